The third-order valence-electron chi connectivity index (χ3n) is 4.40. The van der Waals surface area contributed by atoms with Crippen LogP contribution in [0.5, 0.6) is 0 Å². The third kappa shape index (κ3) is 2.81. The summed E-state index contributed by atoms with van der Waals surface area (Å²) in [5.74, 6) is -0.135. The van der Waals surface area contributed by atoms with Crippen molar-refractivity contribution in [2.75, 3.05) is 0 Å². The second-order valence-corrected chi connectivity index (χ2v) is 6.37. The van der Waals surface area contributed by atoms with Crippen LogP contribution < -0.4 is 5.32 Å². The van der Waals surface area contributed by atoms with E-state index in [1.54, 1.807) is 18.2 Å². The number of carbonyl (C=O) groups excluding carboxylic acids is 1. The smallest absolute Gasteiger partial charge is 0.269 e. The number of hydrogen-bond donors (Lipinski definition) is 2. The summed E-state index contributed by atoms with van der Waals surface area (Å²) in [6.45, 7) is 0. The standard InChI is InChI=1S/C19H16ClN3O/c20-14-8-5-13(6-9-14)17-11-18(23-22-17)19(24)21-16-10-7-12-3-1-2-4-15(12)16/h1-6,8-9,11,16H,7,10H2,(H,21,24)(H,22,23)/t16-/m1/s1. The Kier molecular flexibility index (Phi) is 3.82. The second-order valence-electron chi connectivity index (χ2n) is 5.94. The number of fused-ring (bicyclic) bond motifs is 1. The first-order valence-corrected chi connectivity index (χ1v) is 8.28. The van der Waals surface area contributed by atoms with Crippen LogP contribution in [0.4, 0.5) is 0 Å². The number of aromatic nitrogens is 2. The van der Waals surface area contributed by atoms with Crippen LogP contribution in [-0.2, 0) is 6.42 Å². The molecule has 0 aliphatic heterocycles. The lowest BCUT2D eigenvalue weighted by Gasteiger charge is -2.13. The molecule has 1 amide bonds. The van der Waals surface area contributed by atoms with Crippen molar-refractivity contribution >= 4 is 17.5 Å². The maximum Gasteiger partial charge on any atom is 0.269 e. The molecule has 2 aromatic carbocycles. The van der Waals surface area contributed by atoms with E-state index in [-0.39, 0.29) is 11.9 Å². The monoisotopic (exact) mass is 337 g/mol. The fourth-order valence-electron chi connectivity index (χ4n) is 3.15. The van der Waals surface area contributed by atoms with Gasteiger partial charge in [0.1, 0.15) is 5.69 Å². The number of benzene rings is 2. The molecule has 0 spiro atoms. The normalized spacial score (nSPS) is 16.0. The zero-order chi connectivity index (χ0) is 16.5. The Morgan fingerprint density at radius 1 is 1.17 bits per heavy atom. The van der Waals surface area contributed by atoms with E-state index < -0.39 is 0 Å². The first-order chi connectivity index (χ1) is 11.7. The van der Waals surface area contributed by atoms with Gasteiger partial charge in [-0.1, -0.05) is 48.0 Å². The van der Waals surface area contributed by atoms with E-state index in [0.717, 1.165) is 24.1 Å². The van der Waals surface area contributed by atoms with Crippen molar-refractivity contribution in [3.63, 3.8) is 0 Å². The summed E-state index contributed by atoms with van der Waals surface area (Å²) in [7, 11) is 0. The minimum atomic E-state index is -0.135. The van der Waals surface area contributed by atoms with E-state index in [0.29, 0.717) is 10.7 Å². The molecule has 1 aliphatic rings. The quantitative estimate of drug-likeness (QED) is 0.754. The van der Waals surface area contributed by atoms with E-state index in [4.69, 9.17) is 11.6 Å². The first kappa shape index (κ1) is 15.0. The Bertz CT molecular complexity index is 886. The topological polar surface area (TPSA) is 57.8 Å². The SMILES string of the molecule is O=C(N[C@@H]1CCc2ccccc21)c1cc(-c2ccc(Cl)cc2)n[nH]1. The van der Waals surface area contributed by atoms with E-state index in [9.17, 15) is 4.79 Å². The van der Waals surface area contributed by atoms with Gasteiger partial charge < -0.3 is 5.32 Å². The van der Waals surface area contributed by atoms with Crippen molar-refractivity contribution in [1.82, 2.24) is 15.5 Å². The van der Waals surface area contributed by atoms with Crippen LogP contribution in [0.1, 0.15) is 34.1 Å². The fraction of sp³-hybridized carbons (Fsp3) is 0.158. The molecule has 1 aliphatic carbocycles. The Balaban J connectivity index is 1.51. The number of aromatic amines is 1. The minimum absolute atomic E-state index is 0.0657. The number of halogens is 1. The molecular weight excluding hydrogens is 322 g/mol. The van der Waals surface area contributed by atoms with Crippen LogP contribution in [0.3, 0.4) is 0 Å². The number of carbonyl (C=O) groups is 1. The van der Waals surface area contributed by atoms with Crippen molar-refractivity contribution in [2.24, 2.45) is 0 Å². The molecule has 4 nitrogen and oxygen atoms in total. The highest BCUT2D eigenvalue weighted by atomic mass is 35.5. The molecule has 0 unspecified atom stereocenters. The summed E-state index contributed by atoms with van der Waals surface area (Å²) >= 11 is 5.90. The Labute approximate surface area is 144 Å². The number of aryl methyl sites for hydroxylation is 1. The molecule has 0 bridgehead atoms. The van der Waals surface area contributed by atoms with Gasteiger partial charge in [-0.05, 0) is 42.2 Å². The van der Waals surface area contributed by atoms with E-state index in [1.165, 1.54) is 11.1 Å². The van der Waals surface area contributed by atoms with Gasteiger partial charge in [0.05, 0.1) is 11.7 Å². The van der Waals surface area contributed by atoms with E-state index >= 15 is 0 Å². The summed E-state index contributed by atoms with van der Waals surface area (Å²) in [6.07, 6.45) is 1.93. The summed E-state index contributed by atoms with van der Waals surface area (Å²) in [4.78, 5) is 12.5. The first-order valence-electron chi connectivity index (χ1n) is 7.91. The van der Waals surface area contributed by atoms with Gasteiger partial charge in [-0.2, -0.15) is 5.10 Å². The van der Waals surface area contributed by atoms with Gasteiger partial charge in [-0.3, -0.25) is 9.89 Å². The lowest BCUT2D eigenvalue weighted by atomic mass is 10.1. The highest BCUT2D eigenvalue weighted by Gasteiger charge is 2.24. The van der Waals surface area contributed by atoms with Gasteiger partial charge >= 0.3 is 0 Å². The lowest BCUT2D eigenvalue weighted by molar-refractivity contribution is 0.0931. The fourth-order valence-corrected chi connectivity index (χ4v) is 3.28. The number of amides is 1. The maximum atomic E-state index is 12.5. The van der Waals surface area contributed by atoms with Gasteiger partial charge in [0.15, 0.2) is 0 Å². The molecule has 5 heteroatoms. The predicted molar refractivity (Wildman–Crippen MR) is 94.0 cm³/mol. The highest BCUT2D eigenvalue weighted by Crippen LogP contribution is 2.31. The van der Waals surface area contributed by atoms with Crippen LogP contribution in [0, 0.1) is 0 Å². The maximum absolute atomic E-state index is 12.5. The molecule has 4 rings (SSSR count). The van der Waals surface area contributed by atoms with Crippen LogP contribution in [0.2, 0.25) is 5.02 Å². The zero-order valence-electron chi connectivity index (χ0n) is 12.9. The molecule has 120 valence electrons. The number of H-pyrrole nitrogens is 1. The van der Waals surface area contributed by atoms with Gasteiger partial charge in [-0.25, -0.2) is 0 Å². The molecule has 0 fully saturated rings. The molecule has 0 radical (unpaired) electrons. The molecule has 0 saturated carbocycles. The number of nitrogens with one attached hydrogen (secondary N) is 2. The second kappa shape index (κ2) is 6.13. The Morgan fingerprint density at radius 3 is 2.79 bits per heavy atom. The van der Waals surface area contributed by atoms with Crippen LogP contribution in [-0.4, -0.2) is 16.1 Å². The summed E-state index contributed by atoms with van der Waals surface area (Å²) < 4.78 is 0. The van der Waals surface area contributed by atoms with Crippen LogP contribution >= 0.6 is 11.6 Å². The van der Waals surface area contributed by atoms with Crippen molar-refractivity contribution in [2.45, 2.75) is 18.9 Å². The predicted octanol–water partition coefficient (Wildman–Crippen LogP) is 4.15. The van der Waals surface area contributed by atoms with E-state index in [1.807, 2.05) is 24.3 Å². The largest absolute Gasteiger partial charge is 0.344 e. The number of rotatable bonds is 3. The van der Waals surface area contributed by atoms with Gasteiger partial charge in [0.25, 0.3) is 5.91 Å². The molecule has 1 heterocycles. The third-order valence-corrected chi connectivity index (χ3v) is 4.65. The van der Waals surface area contributed by atoms with Gasteiger partial charge in [-0.15, -0.1) is 0 Å². The lowest BCUT2D eigenvalue weighted by Crippen LogP contribution is -2.27. The van der Waals surface area contributed by atoms with Gasteiger partial charge in [0, 0.05) is 10.6 Å². The molecule has 24 heavy (non-hydrogen) atoms. The van der Waals surface area contributed by atoms with Gasteiger partial charge in [0.2, 0.25) is 0 Å². The molecule has 2 N–H and O–H groups in total. The van der Waals surface area contributed by atoms with E-state index in [2.05, 4.69) is 27.6 Å². The minimum Gasteiger partial charge on any atom is -0.344 e. The molecule has 1 aromatic heterocycles. The highest BCUT2D eigenvalue weighted by molar-refractivity contribution is 6.30. The number of hydrogen-bond acceptors (Lipinski definition) is 2. The van der Waals surface area contributed by atoms with Crippen molar-refractivity contribution in [3.8, 4) is 11.3 Å². The van der Waals surface area contributed by atoms with Crippen LogP contribution in [0.15, 0.2) is 54.6 Å². The summed E-state index contributed by atoms with van der Waals surface area (Å²) in [5, 5.41) is 10.8. The molecule has 3 aromatic rings. The summed E-state index contributed by atoms with van der Waals surface area (Å²) in [6, 6.07) is 17.5. The Morgan fingerprint density at radius 2 is 1.96 bits per heavy atom. The average Bonchev–Trinajstić information content (AvgIpc) is 3.23. The van der Waals surface area contributed by atoms with Crippen LogP contribution in [0.25, 0.3) is 11.3 Å². The number of nitrogens with zero attached hydrogens (tertiary/aromatic N) is 1. The van der Waals surface area contributed by atoms with Crippen molar-refractivity contribution < 1.29 is 4.79 Å². The zero-order valence-corrected chi connectivity index (χ0v) is 13.7. The Hall–Kier alpha value is -2.59. The molecule has 1 atom stereocenters. The summed E-state index contributed by atoms with van der Waals surface area (Å²) in [5.41, 5.74) is 4.63. The molecular formula is C19H16ClN3O. The average molecular weight is 338 g/mol. The van der Waals surface area contributed by atoms with Crippen molar-refractivity contribution in [1.29, 1.82) is 0 Å². The van der Waals surface area contributed by atoms with Crippen molar-refractivity contribution in [3.05, 3.63) is 76.4 Å². The molecule has 0 saturated heterocycles.